The number of Topliss-reactive ketones (excluding diaryl/α,β-unsaturated/α-hetero) is 1. The number of methoxy groups -OCH3 is 1. The molecule has 0 aromatic heterocycles. The van der Waals surface area contributed by atoms with E-state index in [0.29, 0.717) is 11.1 Å². The van der Waals surface area contributed by atoms with Gasteiger partial charge in [0, 0.05) is 12.5 Å². The lowest BCUT2D eigenvalue weighted by molar-refractivity contribution is 0.0600. The molecule has 14 heavy (non-hydrogen) atoms. The number of hydrogen-bond donors (Lipinski definition) is 0. The third-order valence-electron chi connectivity index (χ3n) is 1.69. The average molecular weight is 212 g/mol. The number of esters is 1. The van der Waals surface area contributed by atoms with Crippen molar-refractivity contribution in [3.63, 3.8) is 0 Å². The van der Waals surface area contributed by atoms with Crippen LogP contribution in [-0.2, 0) is 4.74 Å². The van der Waals surface area contributed by atoms with Gasteiger partial charge in [0.15, 0.2) is 5.78 Å². The first-order valence-corrected chi connectivity index (χ1v) is 4.18. The fraction of sp³-hybridized carbons (Fsp3) is 0.100. The van der Waals surface area contributed by atoms with Crippen molar-refractivity contribution in [2.45, 2.75) is 0 Å². The van der Waals surface area contributed by atoms with Gasteiger partial charge in [-0.15, -0.1) is 0 Å². The lowest BCUT2D eigenvalue weighted by atomic mass is 10.1. The molecule has 0 aliphatic carbocycles. The van der Waals surface area contributed by atoms with Crippen LogP contribution in [0, 0.1) is 6.92 Å². The number of benzene rings is 1. The van der Waals surface area contributed by atoms with Crippen molar-refractivity contribution in [3.05, 3.63) is 41.3 Å². The molecule has 1 aromatic carbocycles. The highest BCUT2D eigenvalue weighted by molar-refractivity contribution is 6.34. The minimum absolute atomic E-state index is 0.202. The second kappa shape index (κ2) is 4.24. The van der Waals surface area contributed by atoms with Crippen LogP contribution >= 0.6 is 11.6 Å². The lowest BCUT2D eigenvalue weighted by Gasteiger charge is -2.02. The molecule has 0 fully saturated rings. The van der Waals surface area contributed by atoms with E-state index in [-0.39, 0.29) is 10.8 Å². The molecule has 73 valence electrons. The van der Waals surface area contributed by atoms with Gasteiger partial charge in [0.25, 0.3) is 0 Å². The van der Waals surface area contributed by atoms with Crippen molar-refractivity contribution in [2.75, 3.05) is 7.11 Å². The molecule has 0 N–H and O–H groups in total. The van der Waals surface area contributed by atoms with Gasteiger partial charge in [-0.1, -0.05) is 11.6 Å². The molecular formula is C10H8ClO3. The van der Waals surface area contributed by atoms with Crippen LogP contribution in [0.2, 0.25) is 5.02 Å². The zero-order chi connectivity index (χ0) is 10.7. The summed E-state index contributed by atoms with van der Waals surface area (Å²) in [6, 6.07) is 4.30. The average Bonchev–Trinajstić information content (AvgIpc) is 2.15. The molecule has 0 spiro atoms. The summed E-state index contributed by atoms with van der Waals surface area (Å²) in [6.07, 6.45) is 0. The Labute approximate surface area is 86.6 Å². The lowest BCUT2D eigenvalue weighted by Crippen LogP contribution is -2.02. The molecule has 0 aliphatic rings. The van der Waals surface area contributed by atoms with Crippen molar-refractivity contribution in [1.82, 2.24) is 0 Å². The minimum atomic E-state index is -0.491. The van der Waals surface area contributed by atoms with Gasteiger partial charge in [0.1, 0.15) is 0 Å². The van der Waals surface area contributed by atoms with Gasteiger partial charge in [-0.05, 0) is 18.2 Å². The van der Waals surface area contributed by atoms with Gasteiger partial charge in [-0.3, -0.25) is 4.79 Å². The number of ether oxygens (including phenoxy) is 1. The molecule has 0 aliphatic heterocycles. The van der Waals surface area contributed by atoms with E-state index in [1.54, 1.807) is 0 Å². The van der Waals surface area contributed by atoms with E-state index in [1.807, 2.05) is 0 Å². The predicted molar refractivity (Wildman–Crippen MR) is 52.5 cm³/mol. The Hall–Kier alpha value is -1.35. The molecule has 0 saturated carbocycles. The summed E-state index contributed by atoms with van der Waals surface area (Å²) in [4.78, 5) is 22.0. The molecule has 0 heterocycles. The number of carbonyl (C=O) groups excluding carboxylic acids is 2. The van der Waals surface area contributed by atoms with Crippen LogP contribution in [0.25, 0.3) is 0 Å². The van der Waals surface area contributed by atoms with E-state index in [0.717, 1.165) is 0 Å². The predicted octanol–water partition coefficient (Wildman–Crippen LogP) is 2.14. The third kappa shape index (κ3) is 2.12. The smallest absolute Gasteiger partial charge is 0.337 e. The number of carbonyl (C=O) groups is 2. The molecule has 0 saturated heterocycles. The fourth-order valence-electron chi connectivity index (χ4n) is 0.986. The summed E-state index contributed by atoms with van der Waals surface area (Å²) >= 11 is 5.76. The Bertz CT molecular complexity index is 385. The van der Waals surface area contributed by atoms with Gasteiger partial charge >= 0.3 is 5.97 Å². The van der Waals surface area contributed by atoms with Crippen LogP contribution in [-0.4, -0.2) is 18.9 Å². The van der Waals surface area contributed by atoms with Crippen molar-refractivity contribution in [3.8, 4) is 0 Å². The molecule has 0 unspecified atom stereocenters. The van der Waals surface area contributed by atoms with Crippen LogP contribution in [0.1, 0.15) is 20.7 Å². The standard InChI is InChI=1S/C10H8ClO3/c1-6(12)8-4-3-7(5-9(8)11)10(13)14-2/h3-5H,1H2,2H3. The summed E-state index contributed by atoms with van der Waals surface area (Å²) in [7, 11) is 1.27. The van der Waals surface area contributed by atoms with E-state index in [2.05, 4.69) is 11.7 Å². The Morgan fingerprint density at radius 2 is 2.07 bits per heavy atom. The summed E-state index contributed by atoms with van der Waals surface area (Å²) < 4.78 is 4.49. The van der Waals surface area contributed by atoms with Gasteiger partial charge in [-0.2, -0.15) is 0 Å². The zero-order valence-corrected chi connectivity index (χ0v) is 8.30. The zero-order valence-electron chi connectivity index (χ0n) is 7.54. The Kier molecular flexibility index (Phi) is 3.25. The maximum absolute atomic E-state index is 11.1. The Morgan fingerprint density at radius 1 is 1.43 bits per heavy atom. The Balaban J connectivity index is 3.12. The molecule has 1 rings (SSSR count). The fourth-order valence-corrected chi connectivity index (χ4v) is 1.27. The number of hydrogen-bond acceptors (Lipinski definition) is 3. The van der Waals surface area contributed by atoms with Crippen LogP contribution in [0.3, 0.4) is 0 Å². The molecule has 0 bridgehead atoms. The van der Waals surface area contributed by atoms with E-state index < -0.39 is 5.97 Å². The molecular weight excluding hydrogens is 204 g/mol. The van der Waals surface area contributed by atoms with Gasteiger partial charge in [0.2, 0.25) is 0 Å². The molecule has 4 heteroatoms. The van der Waals surface area contributed by atoms with Gasteiger partial charge < -0.3 is 4.74 Å². The van der Waals surface area contributed by atoms with Crippen molar-refractivity contribution in [2.24, 2.45) is 0 Å². The number of halogens is 1. The second-order valence-corrected chi connectivity index (χ2v) is 3.02. The van der Waals surface area contributed by atoms with E-state index in [9.17, 15) is 9.59 Å². The maximum Gasteiger partial charge on any atom is 0.337 e. The largest absolute Gasteiger partial charge is 0.465 e. The van der Waals surface area contributed by atoms with Gasteiger partial charge in [0.05, 0.1) is 17.7 Å². The van der Waals surface area contributed by atoms with Crippen molar-refractivity contribution >= 4 is 23.4 Å². The highest BCUT2D eigenvalue weighted by Gasteiger charge is 2.10. The normalized spacial score (nSPS) is 9.64. The summed E-state index contributed by atoms with van der Waals surface area (Å²) in [5.74, 6) is -0.874. The molecule has 0 atom stereocenters. The second-order valence-electron chi connectivity index (χ2n) is 2.61. The minimum Gasteiger partial charge on any atom is -0.465 e. The van der Waals surface area contributed by atoms with Crippen molar-refractivity contribution in [1.29, 1.82) is 0 Å². The van der Waals surface area contributed by atoms with Crippen LogP contribution in [0.5, 0.6) is 0 Å². The first kappa shape index (κ1) is 10.7. The number of ketones is 1. The van der Waals surface area contributed by atoms with Crippen molar-refractivity contribution < 1.29 is 14.3 Å². The highest BCUT2D eigenvalue weighted by atomic mass is 35.5. The summed E-state index contributed by atoms with van der Waals surface area (Å²) in [6.45, 7) is 3.22. The molecule has 1 aromatic rings. The summed E-state index contributed by atoms with van der Waals surface area (Å²) in [5.41, 5.74) is 0.599. The van der Waals surface area contributed by atoms with E-state index in [1.165, 1.54) is 25.3 Å². The first-order chi connectivity index (χ1) is 6.56. The molecule has 0 amide bonds. The maximum atomic E-state index is 11.1. The van der Waals surface area contributed by atoms with Crippen LogP contribution in [0.4, 0.5) is 0 Å². The Morgan fingerprint density at radius 3 is 2.50 bits per heavy atom. The van der Waals surface area contributed by atoms with Crippen LogP contribution in [0.15, 0.2) is 18.2 Å². The molecule has 3 nitrogen and oxygen atoms in total. The summed E-state index contributed by atoms with van der Waals surface area (Å²) in [5, 5.41) is 0.202. The van der Waals surface area contributed by atoms with E-state index in [4.69, 9.17) is 11.6 Å². The van der Waals surface area contributed by atoms with Gasteiger partial charge in [-0.25, -0.2) is 4.79 Å². The van der Waals surface area contributed by atoms with E-state index >= 15 is 0 Å². The quantitative estimate of drug-likeness (QED) is 0.556. The topological polar surface area (TPSA) is 43.4 Å². The highest BCUT2D eigenvalue weighted by Crippen LogP contribution is 2.18. The molecule has 1 radical (unpaired) electrons. The first-order valence-electron chi connectivity index (χ1n) is 3.80. The SMILES string of the molecule is [CH2]C(=O)c1ccc(C(=O)OC)cc1Cl. The monoisotopic (exact) mass is 211 g/mol. The van der Waals surface area contributed by atoms with Crippen LogP contribution < -0.4 is 0 Å². The number of rotatable bonds is 2. The third-order valence-corrected chi connectivity index (χ3v) is 2.00.